The number of hydrogen-bond donors (Lipinski definition) is 0. The van der Waals surface area contributed by atoms with Crippen LogP contribution in [0.4, 0.5) is 5.69 Å². The Labute approximate surface area is 128 Å². The van der Waals surface area contributed by atoms with Crippen LogP contribution in [0.25, 0.3) is 0 Å². The van der Waals surface area contributed by atoms with Gasteiger partial charge in [0, 0.05) is 24.6 Å². The van der Waals surface area contributed by atoms with E-state index in [0.717, 1.165) is 25.1 Å². The lowest BCUT2D eigenvalue weighted by atomic mass is 10.2. The fraction of sp³-hybridized carbons (Fsp3) is 0.312. The number of fused-ring (bicyclic) bond motifs is 1. The molecule has 0 bridgehead atoms. The van der Waals surface area contributed by atoms with E-state index in [1.165, 1.54) is 17.3 Å². The lowest BCUT2D eigenvalue weighted by molar-refractivity contribution is -0.118. The van der Waals surface area contributed by atoms with Crippen LogP contribution in [-0.4, -0.2) is 27.7 Å². The van der Waals surface area contributed by atoms with E-state index >= 15 is 0 Å². The Kier molecular flexibility index (Phi) is 4.20. The highest BCUT2D eigenvalue weighted by molar-refractivity contribution is 8.00. The van der Waals surface area contributed by atoms with Crippen molar-refractivity contribution in [3.8, 4) is 0 Å². The van der Waals surface area contributed by atoms with Gasteiger partial charge in [0.05, 0.1) is 5.25 Å². The summed E-state index contributed by atoms with van der Waals surface area (Å²) < 4.78 is 0. The molecule has 4 nitrogen and oxygen atoms in total. The Morgan fingerprint density at radius 1 is 1.29 bits per heavy atom. The maximum Gasteiger partial charge on any atom is 0.240 e. The number of benzene rings is 1. The van der Waals surface area contributed by atoms with Gasteiger partial charge in [0.1, 0.15) is 0 Å². The van der Waals surface area contributed by atoms with Gasteiger partial charge < -0.3 is 4.90 Å². The van der Waals surface area contributed by atoms with Gasteiger partial charge >= 0.3 is 0 Å². The van der Waals surface area contributed by atoms with E-state index in [9.17, 15) is 4.79 Å². The number of carbonyl (C=O) groups is 1. The Morgan fingerprint density at radius 3 is 2.81 bits per heavy atom. The lowest BCUT2D eigenvalue weighted by Gasteiger charge is -2.22. The summed E-state index contributed by atoms with van der Waals surface area (Å²) in [6.07, 6.45) is 5.11. The molecule has 1 amide bonds. The molecule has 0 fully saturated rings. The number of anilines is 1. The summed E-state index contributed by atoms with van der Waals surface area (Å²) in [6.45, 7) is 2.80. The summed E-state index contributed by atoms with van der Waals surface area (Å²) in [6, 6.07) is 9.91. The van der Waals surface area contributed by atoms with Crippen LogP contribution in [-0.2, 0) is 11.2 Å². The van der Waals surface area contributed by atoms with Crippen molar-refractivity contribution in [3.63, 3.8) is 0 Å². The molecule has 5 heteroatoms. The number of thioether (sulfide) groups is 1. The molecule has 2 aromatic rings. The Bertz CT molecular complexity index is 632. The third kappa shape index (κ3) is 2.93. The van der Waals surface area contributed by atoms with Crippen LogP contribution in [0.2, 0.25) is 0 Å². The third-order valence-corrected chi connectivity index (χ3v) is 4.83. The van der Waals surface area contributed by atoms with Gasteiger partial charge in [-0.3, -0.25) is 4.79 Å². The van der Waals surface area contributed by atoms with E-state index in [2.05, 4.69) is 16.0 Å². The van der Waals surface area contributed by atoms with E-state index in [1.807, 2.05) is 30.0 Å². The lowest BCUT2D eigenvalue weighted by Crippen LogP contribution is -2.36. The summed E-state index contributed by atoms with van der Waals surface area (Å²) in [4.78, 5) is 23.1. The molecule has 108 valence electrons. The number of para-hydroxylation sites is 1. The average Bonchev–Trinajstić information content (AvgIpc) is 2.97. The second-order valence-corrected chi connectivity index (χ2v) is 6.08. The molecule has 0 saturated carbocycles. The minimum atomic E-state index is -0.140. The molecule has 0 radical (unpaired) electrons. The minimum Gasteiger partial charge on any atom is -0.311 e. The SMILES string of the molecule is CCC(Sc1ncccn1)C(=O)N1CCc2ccccc21. The van der Waals surface area contributed by atoms with Gasteiger partial charge in [0.15, 0.2) is 5.16 Å². The van der Waals surface area contributed by atoms with Crippen LogP contribution in [0.5, 0.6) is 0 Å². The van der Waals surface area contributed by atoms with E-state index in [4.69, 9.17) is 0 Å². The van der Waals surface area contributed by atoms with Crippen molar-refractivity contribution in [3.05, 3.63) is 48.3 Å². The molecule has 1 aliphatic heterocycles. The van der Waals surface area contributed by atoms with E-state index in [1.54, 1.807) is 18.5 Å². The second-order valence-electron chi connectivity index (χ2n) is 4.91. The van der Waals surface area contributed by atoms with E-state index in [-0.39, 0.29) is 11.2 Å². The molecule has 0 aliphatic carbocycles. The first-order valence-electron chi connectivity index (χ1n) is 7.12. The molecule has 1 aromatic carbocycles. The first-order valence-corrected chi connectivity index (χ1v) is 8.00. The van der Waals surface area contributed by atoms with Crippen LogP contribution >= 0.6 is 11.8 Å². The fourth-order valence-electron chi connectivity index (χ4n) is 2.52. The van der Waals surface area contributed by atoms with Gasteiger partial charge in [-0.1, -0.05) is 36.9 Å². The molecule has 0 N–H and O–H groups in total. The predicted octanol–water partition coefficient (Wildman–Crippen LogP) is 2.94. The van der Waals surface area contributed by atoms with Crippen LogP contribution in [0.1, 0.15) is 18.9 Å². The van der Waals surface area contributed by atoms with Gasteiger partial charge in [0.25, 0.3) is 0 Å². The van der Waals surface area contributed by atoms with Crippen LogP contribution in [0, 0.1) is 0 Å². The molecule has 1 aromatic heterocycles. The zero-order chi connectivity index (χ0) is 14.7. The molecule has 21 heavy (non-hydrogen) atoms. The molecule has 1 unspecified atom stereocenters. The summed E-state index contributed by atoms with van der Waals surface area (Å²) in [5, 5.41) is 0.517. The minimum absolute atomic E-state index is 0.140. The Hall–Kier alpha value is -1.88. The maximum atomic E-state index is 12.8. The number of carbonyl (C=O) groups excluding carboxylic acids is 1. The molecule has 1 atom stereocenters. The van der Waals surface area contributed by atoms with E-state index < -0.39 is 0 Å². The average molecular weight is 299 g/mol. The van der Waals surface area contributed by atoms with Gasteiger partial charge in [0.2, 0.25) is 5.91 Å². The highest BCUT2D eigenvalue weighted by Crippen LogP contribution is 2.31. The van der Waals surface area contributed by atoms with Crippen molar-refractivity contribution in [2.75, 3.05) is 11.4 Å². The molecule has 0 spiro atoms. The summed E-state index contributed by atoms with van der Waals surface area (Å²) in [5.41, 5.74) is 2.30. The number of aromatic nitrogens is 2. The predicted molar refractivity (Wildman–Crippen MR) is 84.5 cm³/mol. The molecule has 3 rings (SSSR count). The summed E-state index contributed by atoms with van der Waals surface area (Å²) in [7, 11) is 0. The smallest absolute Gasteiger partial charge is 0.240 e. The maximum absolute atomic E-state index is 12.8. The molecule has 1 aliphatic rings. The standard InChI is InChI=1S/C16H17N3OS/c1-2-14(21-16-17-9-5-10-18-16)15(20)19-11-8-12-6-3-4-7-13(12)19/h3-7,9-10,14H,2,8,11H2,1H3. The van der Waals surface area contributed by atoms with Crippen LogP contribution in [0.15, 0.2) is 47.9 Å². The van der Waals surface area contributed by atoms with E-state index in [0.29, 0.717) is 5.16 Å². The zero-order valence-corrected chi connectivity index (χ0v) is 12.7. The zero-order valence-electron chi connectivity index (χ0n) is 11.9. The van der Waals surface area contributed by atoms with Crippen LogP contribution in [0.3, 0.4) is 0 Å². The topological polar surface area (TPSA) is 46.1 Å². The molecule has 2 heterocycles. The van der Waals surface area contributed by atoms with Crippen molar-refractivity contribution < 1.29 is 4.79 Å². The van der Waals surface area contributed by atoms with Crippen molar-refractivity contribution in [1.82, 2.24) is 9.97 Å². The highest BCUT2D eigenvalue weighted by atomic mass is 32.2. The van der Waals surface area contributed by atoms with Gasteiger partial charge in [-0.2, -0.15) is 0 Å². The van der Waals surface area contributed by atoms with Gasteiger partial charge in [-0.05, 0) is 30.5 Å². The number of rotatable bonds is 4. The first kappa shape index (κ1) is 14.1. The van der Waals surface area contributed by atoms with Crippen molar-refractivity contribution >= 4 is 23.4 Å². The summed E-state index contributed by atoms with van der Waals surface area (Å²) >= 11 is 1.44. The monoisotopic (exact) mass is 299 g/mol. The second kappa shape index (κ2) is 6.26. The van der Waals surface area contributed by atoms with Crippen molar-refractivity contribution in [2.45, 2.75) is 30.2 Å². The van der Waals surface area contributed by atoms with Crippen molar-refractivity contribution in [2.24, 2.45) is 0 Å². The normalized spacial score (nSPS) is 14.8. The third-order valence-electron chi connectivity index (χ3n) is 3.59. The summed E-state index contributed by atoms with van der Waals surface area (Å²) in [5.74, 6) is 0.153. The molecule has 0 saturated heterocycles. The Morgan fingerprint density at radius 2 is 2.05 bits per heavy atom. The number of hydrogen-bond acceptors (Lipinski definition) is 4. The van der Waals surface area contributed by atoms with Gasteiger partial charge in [-0.25, -0.2) is 9.97 Å². The quantitative estimate of drug-likeness (QED) is 0.643. The first-order chi connectivity index (χ1) is 10.3. The van der Waals surface area contributed by atoms with Crippen LogP contribution < -0.4 is 4.90 Å². The number of nitrogens with zero attached hydrogens (tertiary/aromatic N) is 3. The van der Waals surface area contributed by atoms with Crippen molar-refractivity contribution in [1.29, 1.82) is 0 Å². The fourth-order valence-corrected chi connectivity index (χ4v) is 3.42. The number of amides is 1. The molecular formula is C16H17N3OS. The largest absolute Gasteiger partial charge is 0.311 e. The highest BCUT2D eigenvalue weighted by Gasteiger charge is 2.30. The Balaban J connectivity index is 1.78. The van der Waals surface area contributed by atoms with Gasteiger partial charge in [-0.15, -0.1) is 0 Å². The molecular weight excluding hydrogens is 282 g/mol.